The highest BCUT2D eigenvalue weighted by Crippen LogP contribution is 2.37. The van der Waals surface area contributed by atoms with E-state index < -0.39 is 5.41 Å². The van der Waals surface area contributed by atoms with Crippen LogP contribution in [0.15, 0.2) is 36.4 Å². The van der Waals surface area contributed by atoms with Crippen molar-refractivity contribution >= 4 is 11.6 Å². The number of amides is 1. The predicted molar refractivity (Wildman–Crippen MR) is 90.1 cm³/mol. The largest absolute Gasteiger partial charge is 0.454 e. The SMILES string of the molecule is Cc1ccc(NC(=O)C(C)(C)c2ccc3c(c2)OCO3)c(C)c1. The van der Waals surface area contributed by atoms with E-state index in [1.54, 1.807) is 0 Å². The van der Waals surface area contributed by atoms with Gasteiger partial charge in [-0.2, -0.15) is 0 Å². The summed E-state index contributed by atoms with van der Waals surface area (Å²) in [6.07, 6.45) is 0. The molecule has 0 fully saturated rings. The van der Waals surface area contributed by atoms with Crippen LogP contribution in [0.2, 0.25) is 0 Å². The van der Waals surface area contributed by atoms with Gasteiger partial charge in [0.2, 0.25) is 12.7 Å². The number of hydrogen-bond donors (Lipinski definition) is 1. The molecule has 0 spiro atoms. The number of ether oxygens (including phenoxy) is 2. The van der Waals surface area contributed by atoms with Crippen molar-refractivity contribution in [3.8, 4) is 11.5 Å². The Hall–Kier alpha value is -2.49. The van der Waals surface area contributed by atoms with Crippen molar-refractivity contribution < 1.29 is 14.3 Å². The third kappa shape index (κ3) is 2.89. The molecular weight excluding hydrogens is 290 g/mol. The van der Waals surface area contributed by atoms with E-state index in [4.69, 9.17) is 9.47 Å². The Balaban J connectivity index is 1.85. The average Bonchev–Trinajstić information content (AvgIpc) is 2.97. The van der Waals surface area contributed by atoms with Gasteiger partial charge in [0.15, 0.2) is 11.5 Å². The molecule has 4 heteroatoms. The normalized spacial score (nSPS) is 13.0. The number of hydrogen-bond acceptors (Lipinski definition) is 3. The van der Waals surface area contributed by atoms with E-state index in [0.29, 0.717) is 5.75 Å². The van der Waals surface area contributed by atoms with Gasteiger partial charge >= 0.3 is 0 Å². The van der Waals surface area contributed by atoms with Gasteiger partial charge in [-0.15, -0.1) is 0 Å². The molecule has 0 saturated heterocycles. The summed E-state index contributed by atoms with van der Waals surface area (Å²) in [7, 11) is 0. The van der Waals surface area contributed by atoms with Crippen LogP contribution in [0.25, 0.3) is 0 Å². The number of nitrogens with one attached hydrogen (secondary N) is 1. The molecule has 1 N–H and O–H groups in total. The number of carbonyl (C=O) groups excluding carboxylic acids is 1. The van der Waals surface area contributed by atoms with Gasteiger partial charge in [-0.3, -0.25) is 4.79 Å². The van der Waals surface area contributed by atoms with Gasteiger partial charge in [-0.1, -0.05) is 23.8 Å². The fourth-order valence-electron chi connectivity index (χ4n) is 2.65. The Morgan fingerprint density at radius 2 is 1.78 bits per heavy atom. The lowest BCUT2D eigenvalue weighted by Gasteiger charge is -2.25. The van der Waals surface area contributed by atoms with Crippen LogP contribution in [0.4, 0.5) is 5.69 Å². The third-order valence-electron chi connectivity index (χ3n) is 4.29. The lowest BCUT2D eigenvalue weighted by atomic mass is 9.83. The fourth-order valence-corrected chi connectivity index (χ4v) is 2.65. The summed E-state index contributed by atoms with van der Waals surface area (Å²) in [6, 6.07) is 11.6. The van der Waals surface area contributed by atoms with Crippen LogP contribution in [0.5, 0.6) is 11.5 Å². The van der Waals surface area contributed by atoms with Crippen LogP contribution in [-0.4, -0.2) is 12.7 Å². The Labute approximate surface area is 136 Å². The standard InChI is InChI=1S/C19H21NO3/c1-12-5-7-15(13(2)9-12)20-18(21)19(3,4)14-6-8-16-17(10-14)23-11-22-16/h5-10H,11H2,1-4H3,(H,20,21). The van der Waals surface area contributed by atoms with Gasteiger partial charge < -0.3 is 14.8 Å². The van der Waals surface area contributed by atoms with Gasteiger partial charge in [-0.25, -0.2) is 0 Å². The minimum absolute atomic E-state index is 0.0525. The molecule has 1 aliphatic heterocycles. The summed E-state index contributed by atoms with van der Waals surface area (Å²) in [5.41, 5.74) is 3.28. The van der Waals surface area contributed by atoms with Crippen molar-refractivity contribution in [1.29, 1.82) is 0 Å². The van der Waals surface area contributed by atoms with Crippen molar-refractivity contribution in [2.45, 2.75) is 33.1 Å². The molecule has 120 valence electrons. The topological polar surface area (TPSA) is 47.6 Å². The molecule has 0 unspecified atom stereocenters. The summed E-state index contributed by atoms with van der Waals surface area (Å²) >= 11 is 0. The third-order valence-corrected chi connectivity index (χ3v) is 4.29. The van der Waals surface area contributed by atoms with E-state index in [1.165, 1.54) is 5.56 Å². The minimum Gasteiger partial charge on any atom is -0.454 e. The maximum atomic E-state index is 12.8. The fraction of sp³-hybridized carbons (Fsp3) is 0.316. The molecule has 1 aliphatic rings. The Bertz CT molecular complexity index is 765. The second-order valence-electron chi connectivity index (χ2n) is 6.47. The zero-order chi connectivity index (χ0) is 16.6. The molecule has 4 nitrogen and oxygen atoms in total. The first-order valence-corrected chi connectivity index (χ1v) is 7.67. The number of aryl methyl sites for hydroxylation is 2. The first-order valence-electron chi connectivity index (χ1n) is 7.67. The molecule has 0 atom stereocenters. The molecule has 1 amide bonds. The Kier molecular flexibility index (Phi) is 3.76. The second-order valence-corrected chi connectivity index (χ2v) is 6.47. The van der Waals surface area contributed by atoms with E-state index in [-0.39, 0.29) is 12.7 Å². The maximum Gasteiger partial charge on any atom is 0.234 e. The first-order chi connectivity index (χ1) is 10.9. The molecule has 0 radical (unpaired) electrons. The molecule has 1 heterocycles. The molecule has 0 aliphatic carbocycles. The van der Waals surface area contributed by atoms with Crippen LogP contribution in [0, 0.1) is 13.8 Å². The zero-order valence-electron chi connectivity index (χ0n) is 13.9. The predicted octanol–water partition coefficient (Wildman–Crippen LogP) is 3.95. The first kappa shape index (κ1) is 15.4. The number of anilines is 1. The lowest BCUT2D eigenvalue weighted by Crippen LogP contribution is -2.34. The van der Waals surface area contributed by atoms with Crippen LogP contribution in [0.1, 0.15) is 30.5 Å². The van der Waals surface area contributed by atoms with Gasteiger partial charge in [0.25, 0.3) is 0 Å². The van der Waals surface area contributed by atoms with Crippen LogP contribution < -0.4 is 14.8 Å². The highest BCUT2D eigenvalue weighted by Gasteiger charge is 2.31. The van der Waals surface area contributed by atoms with Gasteiger partial charge in [0.1, 0.15) is 0 Å². The minimum atomic E-state index is -0.682. The second kappa shape index (κ2) is 5.61. The summed E-state index contributed by atoms with van der Waals surface area (Å²) in [6.45, 7) is 8.08. The molecule has 0 bridgehead atoms. The van der Waals surface area contributed by atoms with Crippen molar-refractivity contribution in [3.63, 3.8) is 0 Å². The van der Waals surface area contributed by atoms with E-state index in [1.807, 2.05) is 58.0 Å². The van der Waals surface area contributed by atoms with E-state index in [0.717, 1.165) is 22.6 Å². The van der Waals surface area contributed by atoms with Crippen molar-refractivity contribution in [1.82, 2.24) is 0 Å². The summed E-state index contributed by atoms with van der Waals surface area (Å²) in [4.78, 5) is 12.8. The van der Waals surface area contributed by atoms with E-state index >= 15 is 0 Å². The lowest BCUT2D eigenvalue weighted by molar-refractivity contribution is -0.120. The highest BCUT2D eigenvalue weighted by atomic mass is 16.7. The van der Waals surface area contributed by atoms with Crippen molar-refractivity contribution in [2.24, 2.45) is 0 Å². The summed E-state index contributed by atoms with van der Waals surface area (Å²) in [5, 5.41) is 3.03. The highest BCUT2D eigenvalue weighted by molar-refractivity contribution is 5.99. The molecule has 0 saturated carbocycles. The van der Waals surface area contributed by atoms with Crippen LogP contribution >= 0.6 is 0 Å². The average molecular weight is 311 g/mol. The van der Waals surface area contributed by atoms with Gasteiger partial charge in [0.05, 0.1) is 5.41 Å². The number of benzene rings is 2. The quantitative estimate of drug-likeness (QED) is 0.933. The number of rotatable bonds is 3. The van der Waals surface area contributed by atoms with Crippen LogP contribution in [-0.2, 0) is 10.2 Å². The maximum absolute atomic E-state index is 12.8. The molecular formula is C19H21NO3. The van der Waals surface area contributed by atoms with E-state index in [2.05, 4.69) is 11.4 Å². The molecule has 0 aromatic heterocycles. The monoisotopic (exact) mass is 311 g/mol. The Morgan fingerprint density at radius 3 is 2.52 bits per heavy atom. The van der Waals surface area contributed by atoms with Crippen molar-refractivity contribution in [2.75, 3.05) is 12.1 Å². The molecule has 2 aromatic rings. The van der Waals surface area contributed by atoms with Gasteiger partial charge in [-0.05, 0) is 57.0 Å². The van der Waals surface area contributed by atoms with Gasteiger partial charge in [0, 0.05) is 5.69 Å². The van der Waals surface area contributed by atoms with Crippen molar-refractivity contribution in [3.05, 3.63) is 53.1 Å². The van der Waals surface area contributed by atoms with Crippen LogP contribution in [0.3, 0.4) is 0 Å². The number of fused-ring (bicyclic) bond motifs is 1. The molecule has 23 heavy (non-hydrogen) atoms. The summed E-state index contributed by atoms with van der Waals surface area (Å²) < 4.78 is 10.7. The molecule has 2 aromatic carbocycles. The van der Waals surface area contributed by atoms with E-state index in [9.17, 15) is 4.79 Å². The zero-order valence-corrected chi connectivity index (χ0v) is 13.9. The number of carbonyl (C=O) groups is 1. The smallest absolute Gasteiger partial charge is 0.234 e. The molecule has 3 rings (SSSR count). The Morgan fingerprint density at radius 1 is 1.04 bits per heavy atom. The summed E-state index contributed by atoms with van der Waals surface area (Å²) in [5.74, 6) is 1.36.